The molecule has 1 fully saturated rings. The van der Waals surface area contributed by atoms with Gasteiger partial charge in [-0.1, -0.05) is 53.6 Å². The van der Waals surface area contributed by atoms with Gasteiger partial charge >= 0.3 is 0 Å². The second-order valence-electron chi connectivity index (χ2n) is 10.7. The van der Waals surface area contributed by atoms with Gasteiger partial charge in [-0.15, -0.1) is 0 Å². The maximum Gasteiger partial charge on any atom is 0.223 e. The Morgan fingerprint density at radius 3 is 2.61 bits per heavy atom. The Balaban J connectivity index is 1.49. The van der Waals surface area contributed by atoms with Gasteiger partial charge in [0.25, 0.3) is 0 Å². The summed E-state index contributed by atoms with van der Waals surface area (Å²) in [5, 5.41) is 21.1. The molecule has 5 atom stereocenters. The van der Waals surface area contributed by atoms with Crippen LogP contribution in [0.4, 0.5) is 0 Å². The maximum atomic E-state index is 12.6. The molecule has 0 radical (unpaired) electrons. The number of aliphatic hydroxyl groups excluding tert-OH is 2. The normalized spacial score (nSPS) is 25.7. The molecule has 0 unspecified atom stereocenters. The van der Waals surface area contributed by atoms with Crippen molar-refractivity contribution >= 4 is 5.91 Å². The van der Waals surface area contributed by atoms with E-state index >= 15 is 0 Å². The predicted molar refractivity (Wildman–Crippen MR) is 135 cm³/mol. The molecule has 0 saturated heterocycles. The number of allylic oxidation sites excluding steroid dienone is 2. The third-order valence-corrected chi connectivity index (χ3v) is 7.32. The zero-order valence-corrected chi connectivity index (χ0v) is 21.1. The molecule has 3 rings (SSSR count). The first-order valence-corrected chi connectivity index (χ1v) is 12.8. The summed E-state index contributed by atoms with van der Waals surface area (Å²) in [7, 11) is 0. The van der Waals surface area contributed by atoms with E-state index in [0.29, 0.717) is 24.7 Å². The van der Waals surface area contributed by atoms with Crippen LogP contribution in [0.5, 0.6) is 0 Å². The molecule has 1 aromatic carbocycles. The number of hydrogen-bond acceptors (Lipinski definition) is 3. The lowest BCUT2D eigenvalue weighted by atomic mass is 9.88. The molecule has 0 aliphatic heterocycles. The van der Waals surface area contributed by atoms with Crippen LogP contribution in [0.3, 0.4) is 0 Å². The van der Waals surface area contributed by atoms with Gasteiger partial charge in [0.05, 0.1) is 12.2 Å². The zero-order chi connectivity index (χ0) is 24.1. The Hall–Kier alpha value is -1.91. The Bertz CT molecular complexity index is 848. The highest BCUT2D eigenvalue weighted by Crippen LogP contribution is 2.48. The molecule has 0 heterocycles. The van der Waals surface area contributed by atoms with Gasteiger partial charge in [0.1, 0.15) is 0 Å². The topological polar surface area (TPSA) is 60.8 Å². The van der Waals surface area contributed by atoms with Crippen molar-refractivity contribution in [2.24, 2.45) is 17.8 Å². The van der Waals surface area contributed by atoms with E-state index in [2.05, 4.69) is 58.9 Å². The molecular weight excluding hydrogens is 410 g/mol. The van der Waals surface area contributed by atoms with E-state index in [1.165, 1.54) is 11.1 Å². The van der Waals surface area contributed by atoms with Crippen LogP contribution in [-0.2, 0) is 11.2 Å². The lowest BCUT2D eigenvalue weighted by Crippen LogP contribution is -2.41. The third kappa shape index (κ3) is 6.80. The third-order valence-electron chi connectivity index (χ3n) is 7.32. The Labute approximate surface area is 200 Å². The van der Waals surface area contributed by atoms with Crippen molar-refractivity contribution in [1.29, 1.82) is 0 Å². The van der Waals surface area contributed by atoms with Crippen LogP contribution in [-0.4, -0.2) is 45.3 Å². The van der Waals surface area contributed by atoms with Gasteiger partial charge in [-0.2, -0.15) is 0 Å². The van der Waals surface area contributed by atoms with Gasteiger partial charge in [0, 0.05) is 30.8 Å². The molecular formula is C29H43NO3. The quantitative estimate of drug-likeness (QED) is 0.478. The van der Waals surface area contributed by atoms with Gasteiger partial charge < -0.3 is 15.1 Å². The van der Waals surface area contributed by atoms with E-state index in [0.717, 1.165) is 31.2 Å². The van der Waals surface area contributed by atoms with Crippen molar-refractivity contribution in [3.63, 3.8) is 0 Å². The fraction of sp³-hybridized carbons (Fsp3) is 0.621. The second-order valence-corrected chi connectivity index (χ2v) is 10.7. The number of carbonyl (C=O) groups is 1. The van der Waals surface area contributed by atoms with Crippen LogP contribution in [0, 0.1) is 24.7 Å². The van der Waals surface area contributed by atoms with Crippen LogP contribution in [0.1, 0.15) is 70.9 Å². The Morgan fingerprint density at radius 2 is 1.94 bits per heavy atom. The lowest BCUT2D eigenvalue weighted by molar-refractivity contribution is -0.134. The monoisotopic (exact) mass is 453 g/mol. The molecule has 1 saturated carbocycles. The summed E-state index contributed by atoms with van der Waals surface area (Å²) in [6.07, 6.45) is 10.2. The first-order valence-electron chi connectivity index (χ1n) is 12.8. The molecule has 2 N–H and O–H groups in total. The molecule has 0 aromatic heterocycles. The summed E-state index contributed by atoms with van der Waals surface area (Å²) in [5.41, 5.74) is 3.76. The van der Waals surface area contributed by atoms with E-state index < -0.39 is 6.10 Å². The maximum absolute atomic E-state index is 12.6. The predicted octanol–water partition coefficient (Wildman–Crippen LogP) is 5.21. The minimum atomic E-state index is -0.539. The SMILES string of the molecule is Cc1cccc(C[C@@H](O)C=C[C@@H]2[C@H]3CC(CCCC(=O)N(C(C)C)C(C)C)=C[C@H]3C[C@H]2O)c1. The van der Waals surface area contributed by atoms with Gasteiger partial charge in [0.2, 0.25) is 5.91 Å². The number of rotatable bonds is 10. The molecule has 0 spiro atoms. The molecule has 4 nitrogen and oxygen atoms in total. The lowest BCUT2D eigenvalue weighted by Gasteiger charge is -2.31. The molecule has 4 heteroatoms. The van der Waals surface area contributed by atoms with Crippen LogP contribution in [0.25, 0.3) is 0 Å². The molecule has 0 bridgehead atoms. The average Bonchev–Trinajstić information content (AvgIpc) is 3.22. The number of hydrogen-bond donors (Lipinski definition) is 2. The highest BCUT2D eigenvalue weighted by molar-refractivity contribution is 5.76. The number of nitrogens with zero attached hydrogens (tertiary/aromatic N) is 1. The van der Waals surface area contributed by atoms with Crippen molar-refractivity contribution in [2.45, 2.75) is 97.4 Å². The number of benzene rings is 1. The fourth-order valence-corrected chi connectivity index (χ4v) is 5.96. The highest BCUT2D eigenvalue weighted by Gasteiger charge is 2.43. The summed E-state index contributed by atoms with van der Waals surface area (Å²) in [6, 6.07) is 8.71. The van der Waals surface area contributed by atoms with Crippen LogP contribution < -0.4 is 0 Å². The Kier molecular flexibility index (Phi) is 8.95. The molecule has 33 heavy (non-hydrogen) atoms. The number of aryl methyl sites for hydroxylation is 1. The van der Waals surface area contributed by atoms with Crippen LogP contribution >= 0.6 is 0 Å². The van der Waals surface area contributed by atoms with E-state index in [1.54, 1.807) is 0 Å². The van der Waals surface area contributed by atoms with E-state index in [4.69, 9.17) is 0 Å². The van der Waals surface area contributed by atoms with Gasteiger partial charge in [-0.25, -0.2) is 0 Å². The smallest absolute Gasteiger partial charge is 0.223 e. The van der Waals surface area contributed by atoms with Crippen molar-refractivity contribution in [1.82, 2.24) is 4.90 Å². The summed E-state index contributed by atoms with van der Waals surface area (Å²) in [4.78, 5) is 14.6. The second kappa shape index (κ2) is 11.5. The molecule has 1 aromatic rings. The first-order chi connectivity index (χ1) is 15.7. The van der Waals surface area contributed by atoms with E-state index in [9.17, 15) is 15.0 Å². The van der Waals surface area contributed by atoms with Crippen LogP contribution in [0.15, 0.2) is 48.1 Å². The summed E-state index contributed by atoms with van der Waals surface area (Å²) >= 11 is 0. The largest absolute Gasteiger partial charge is 0.392 e. The summed E-state index contributed by atoms with van der Waals surface area (Å²) in [5.74, 6) is 1.17. The van der Waals surface area contributed by atoms with Crippen molar-refractivity contribution in [3.05, 3.63) is 59.2 Å². The van der Waals surface area contributed by atoms with E-state index in [-0.39, 0.29) is 30.0 Å². The number of carbonyl (C=O) groups excluding carboxylic acids is 1. The van der Waals surface area contributed by atoms with Gasteiger partial charge in [-0.3, -0.25) is 4.79 Å². The molecule has 2 aliphatic rings. The minimum Gasteiger partial charge on any atom is -0.392 e. The number of aliphatic hydroxyl groups is 2. The Morgan fingerprint density at radius 1 is 1.21 bits per heavy atom. The number of fused-ring (bicyclic) bond motifs is 1. The molecule has 1 amide bonds. The minimum absolute atomic E-state index is 0.0925. The summed E-state index contributed by atoms with van der Waals surface area (Å²) in [6.45, 7) is 10.4. The van der Waals surface area contributed by atoms with Crippen molar-refractivity contribution in [3.8, 4) is 0 Å². The zero-order valence-electron chi connectivity index (χ0n) is 21.1. The standard InChI is InChI=1S/C29H43NO3/c1-19(2)30(20(3)4)29(33)11-7-10-23-15-24-18-28(32)26(27(24)17-23)13-12-25(31)16-22-9-6-8-21(5)14-22/h6,8-9,12-15,19-20,24-28,31-32H,7,10-11,16-18H2,1-5H3/t24-,25-,26+,27-,28+/m0/s1. The molecule has 2 aliphatic carbocycles. The van der Waals surface area contributed by atoms with Gasteiger partial charge in [0.15, 0.2) is 0 Å². The first kappa shape index (κ1) is 25.7. The van der Waals surface area contributed by atoms with Gasteiger partial charge in [-0.05, 0) is 77.7 Å². The van der Waals surface area contributed by atoms with Crippen LogP contribution in [0.2, 0.25) is 0 Å². The van der Waals surface area contributed by atoms with Crippen molar-refractivity contribution < 1.29 is 15.0 Å². The summed E-state index contributed by atoms with van der Waals surface area (Å²) < 4.78 is 0. The number of amides is 1. The van der Waals surface area contributed by atoms with Crippen molar-refractivity contribution in [2.75, 3.05) is 0 Å². The molecule has 182 valence electrons. The fourth-order valence-electron chi connectivity index (χ4n) is 5.96. The average molecular weight is 454 g/mol. The van der Waals surface area contributed by atoms with E-state index in [1.807, 2.05) is 23.1 Å². The highest BCUT2D eigenvalue weighted by atomic mass is 16.3.